The van der Waals surface area contributed by atoms with Gasteiger partial charge in [-0.25, -0.2) is 0 Å². The molecule has 1 heterocycles. The first kappa shape index (κ1) is 14.3. The van der Waals surface area contributed by atoms with E-state index in [-0.39, 0.29) is 11.9 Å². The van der Waals surface area contributed by atoms with Gasteiger partial charge in [0.25, 0.3) is 0 Å². The average molecular weight is 283 g/mol. The standard InChI is InChI=1S/C14H19ClN2O2/c1-10(11-3-5-12(15)6-4-11)17(2)13(18)14(16)7-8-19-9-14/h3-6,10H,7-9,16H2,1-2H3. The summed E-state index contributed by atoms with van der Waals surface area (Å²) < 4.78 is 5.24. The summed E-state index contributed by atoms with van der Waals surface area (Å²) >= 11 is 5.87. The molecule has 2 unspecified atom stereocenters. The molecular weight excluding hydrogens is 264 g/mol. The van der Waals surface area contributed by atoms with Crippen LogP contribution in [-0.4, -0.2) is 36.6 Å². The van der Waals surface area contributed by atoms with Gasteiger partial charge < -0.3 is 15.4 Å². The highest BCUT2D eigenvalue weighted by molar-refractivity contribution is 6.30. The van der Waals surface area contributed by atoms with Crippen molar-refractivity contribution in [3.63, 3.8) is 0 Å². The van der Waals surface area contributed by atoms with Crippen molar-refractivity contribution in [2.24, 2.45) is 5.73 Å². The molecule has 1 aromatic carbocycles. The molecule has 0 saturated carbocycles. The summed E-state index contributed by atoms with van der Waals surface area (Å²) in [5.41, 5.74) is 6.26. The van der Waals surface area contributed by atoms with Crippen LogP contribution in [-0.2, 0) is 9.53 Å². The third-order valence-electron chi connectivity index (χ3n) is 3.73. The number of nitrogens with zero attached hydrogens (tertiary/aromatic N) is 1. The second-order valence-electron chi connectivity index (χ2n) is 5.10. The van der Waals surface area contributed by atoms with Gasteiger partial charge in [-0.3, -0.25) is 4.79 Å². The largest absolute Gasteiger partial charge is 0.379 e. The lowest BCUT2D eigenvalue weighted by molar-refractivity contribution is -0.137. The Labute approximate surface area is 118 Å². The van der Waals surface area contributed by atoms with Crippen LogP contribution in [0.1, 0.15) is 24.9 Å². The third-order valence-corrected chi connectivity index (χ3v) is 3.98. The zero-order valence-corrected chi connectivity index (χ0v) is 12.0. The number of likely N-dealkylation sites (N-methyl/N-ethyl adjacent to an activating group) is 1. The number of nitrogens with two attached hydrogens (primary N) is 1. The second kappa shape index (κ2) is 5.49. The maximum absolute atomic E-state index is 12.4. The number of amides is 1. The van der Waals surface area contributed by atoms with Gasteiger partial charge in [-0.2, -0.15) is 0 Å². The van der Waals surface area contributed by atoms with Crippen molar-refractivity contribution in [1.29, 1.82) is 0 Å². The highest BCUT2D eigenvalue weighted by Gasteiger charge is 2.41. The molecule has 0 aromatic heterocycles. The van der Waals surface area contributed by atoms with Gasteiger partial charge in [0, 0.05) is 18.7 Å². The zero-order valence-electron chi connectivity index (χ0n) is 11.2. The molecule has 2 atom stereocenters. The fourth-order valence-corrected chi connectivity index (χ4v) is 2.37. The van der Waals surface area contributed by atoms with E-state index in [0.717, 1.165) is 5.56 Å². The fraction of sp³-hybridized carbons (Fsp3) is 0.500. The summed E-state index contributed by atoms with van der Waals surface area (Å²) in [6.07, 6.45) is 0.573. The molecule has 1 aliphatic heterocycles. The lowest BCUT2D eigenvalue weighted by atomic mass is 9.96. The van der Waals surface area contributed by atoms with Crippen molar-refractivity contribution in [3.05, 3.63) is 34.9 Å². The summed E-state index contributed by atoms with van der Waals surface area (Å²) in [4.78, 5) is 14.1. The first-order chi connectivity index (χ1) is 8.94. The van der Waals surface area contributed by atoms with Gasteiger partial charge in [0.2, 0.25) is 5.91 Å². The number of hydrogen-bond acceptors (Lipinski definition) is 3. The number of hydrogen-bond donors (Lipinski definition) is 1. The summed E-state index contributed by atoms with van der Waals surface area (Å²) in [5, 5.41) is 0.685. The lowest BCUT2D eigenvalue weighted by Crippen LogP contribution is -2.55. The minimum atomic E-state index is -0.880. The molecule has 0 bridgehead atoms. The molecule has 0 spiro atoms. The van der Waals surface area contributed by atoms with Crippen molar-refractivity contribution in [3.8, 4) is 0 Å². The van der Waals surface area contributed by atoms with E-state index in [1.807, 2.05) is 31.2 Å². The van der Waals surface area contributed by atoms with E-state index in [1.165, 1.54) is 0 Å². The molecule has 4 nitrogen and oxygen atoms in total. The van der Waals surface area contributed by atoms with E-state index in [2.05, 4.69) is 0 Å². The Kier molecular flexibility index (Phi) is 4.13. The van der Waals surface area contributed by atoms with Gasteiger partial charge in [-0.05, 0) is 31.0 Å². The molecule has 2 N–H and O–H groups in total. The van der Waals surface area contributed by atoms with E-state index in [9.17, 15) is 4.79 Å². The summed E-state index contributed by atoms with van der Waals surface area (Å²) in [7, 11) is 1.77. The predicted molar refractivity (Wildman–Crippen MR) is 75.0 cm³/mol. The number of carbonyl (C=O) groups is 1. The van der Waals surface area contributed by atoms with E-state index in [0.29, 0.717) is 24.7 Å². The highest BCUT2D eigenvalue weighted by Crippen LogP contribution is 2.25. The van der Waals surface area contributed by atoms with Crippen LogP contribution >= 0.6 is 11.6 Å². The van der Waals surface area contributed by atoms with Crippen molar-refractivity contribution in [2.45, 2.75) is 24.9 Å². The van der Waals surface area contributed by atoms with E-state index < -0.39 is 5.54 Å². The summed E-state index contributed by atoms with van der Waals surface area (Å²) in [6, 6.07) is 7.44. The van der Waals surface area contributed by atoms with Gasteiger partial charge in [-0.1, -0.05) is 23.7 Å². The summed E-state index contributed by atoms with van der Waals surface area (Å²) in [5.74, 6) is -0.0764. The highest BCUT2D eigenvalue weighted by atomic mass is 35.5. The minimum Gasteiger partial charge on any atom is -0.379 e. The predicted octanol–water partition coefficient (Wildman–Crippen LogP) is 1.98. The Bertz CT molecular complexity index is 455. The zero-order chi connectivity index (χ0) is 14.0. The van der Waals surface area contributed by atoms with Crippen LogP contribution in [0.3, 0.4) is 0 Å². The molecule has 1 saturated heterocycles. The normalized spacial score (nSPS) is 24.2. The Morgan fingerprint density at radius 2 is 2.11 bits per heavy atom. The third kappa shape index (κ3) is 2.91. The van der Waals surface area contributed by atoms with Gasteiger partial charge in [-0.15, -0.1) is 0 Å². The monoisotopic (exact) mass is 282 g/mol. The average Bonchev–Trinajstić information content (AvgIpc) is 2.85. The second-order valence-corrected chi connectivity index (χ2v) is 5.54. The van der Waals surface area contributed by atoms with Crippen LogP contribution in [0.5, 0.6) is 0 Å². The Morgan fingerprint density at radius 1 is 1.47 bits per heavy atom. The van der Waals surface area contributed by atoms with Crippen molar-refractivity contribution in [1.82, 2.24) is 4.90 Å². The van der Waals surface area contributed by atoms with Gasteiger partial charge in [0.15, 0.2) is 0 Å². The van der Waals surface area contributed by atoms with Crippen LogP contribution < -0.4 is 5.73 Å². The molecule has 19 heavy (non-hydrogen) atoms. The topological polar surface area (TPSA) is 55.6 Å². The van der Waals surface area contributed by atoms with Crippen LogP contribution in [0.25, 0.3) is 0 Å². The van der Waals surface area contributed by atoms with E-state index in [1.54, 1.807) is 11.9 Å². The Hall–Kier alpha value is -1.10. The molecule has 1 aliphatic rings. The molecule has 2 rings (SSSR count). The van der Waals surface area contributed by atoms with Gasteiger partial charge in [0.1, 0.15) is 5.54 Å². The number of rotatable bonds is 3. The molecule has 0 aliphatic carbocycles. The number of carbonyl (C=O) groups excluding carboxylic acids is 1. The van der Waals surface area contributed by atoms with E-state index >= 15 is 0 Å². The molecule has 104 valence electrons. The summed E-state index contributed by atoms with van der Waals surface area (Å²) in [6.45, 7) is 2.81. The first-order valence-corrected chi connectivity index (χ1v) is 6.71. The lowest BCUT2D eigenvalue weighted by Gasteiger charge is -2.32. The molecule has 0 radical (unpaired) electrons. The fourth-order valence-electron chi connectivity index (χ4n) is 2.24. The van der Waals surface area contributed by atoms with Crippen molar-refractivity contribution in [2.75, 3.05) is 20.3 Å². The molecular formula is C14H19ClN2O2. The van der Waals surface area contributed by atoms with Gasteiger partial charge in [0.05, 0.1) is 12.6 Å². The Balaban J connectivity index is 2.12. The van der Waals surface area contributed by atoms with Crippen LogP contribution in [0.15, 0.2) is 24.3 Å². The number of halogens is 1. The van der Waals surface area contributed by atoms with Crippen LogP contribution in [0.2, 0.25) is 5.02 Å². The quantitative estimate of drug-likeness (QED) is 0.922. The van der Waals surface area contributed by atoms with Crippen molar-refractivity contribution >= 4 is 17.5 Å². The van der Waals surface area contributed by atoms with Crippen molar-refractivity contribution < 1.29 is 9.53 Å². The molecule has 1 fully saturated rings. The smallest absolute Gasteiger partial charge is 0.245 e. The maximum atomic E-state index is 12.4. The van der Waals surface area contributed by atoms with E-state index in [4.69, 9.17) is 22.1 Å². The van der Waals surface area contributed by atoms with Crippen LogP contribution in [0.4, 0.5) is 0 Å². The van der Waals surface area contributed by atoms with Crippen LogP contribution in [0, 0.1) is 0 Å². The minimum absolute atomic E-state index is 0.0502. The first-order valence-electron chi connectivity index (χ1n) is 6.33. The molecule has 1 amide bonds. The SMILES string of the molecule is CC(c1ccc(Cl)cc1)N(C)C(=O)C1(N)CCOC1. The maximum Gasteiger partial charge on any atom is 0.245 e. The molecule has 1 aromatic rings. The number of ether oxygens (including phenoxy) is 1. The number of benzene rings is 1. The Morgan fingerprint density at radius 3 is 2.63 bits per heavy atom. The molecule has 5 heteroatoms. The van der Waals surface area contributed by atoms with Gasteiger partial charge >= 0.3 is 0 Å².